The summed E-state index contributed by atoms with van der Waals surface area (Å²) in [5.74, 6) is 0. The molecule has 0 unspecified atom stereocenters. The fourth-order valence-electron chi connectivity index (χ4n) is 1.25. The second-order valence-corrected chi connectivity index (χ2v) is 3.44. The van der Waals surface area contributed by atoms with Crippen molar-refractivity contribution < 1.29 is 18.3 Å². The molecule has 1 rings (SSSR count). The van der Waals surface area contributed by atoms with Crippen LogP contribution in [0.15, 0.2) is 0 Å². The van der Waals surface area contributed by atoms with Crippen LogP contribution in [0.1, 0.15) is 25.7 Å². The summed E-state index contributed by atoms with van der Waals surface area (Å²) in [4.78, 5) is 0. The van der Waals surface area contributed by atoms with Crippen LogP contribution >= 0.6 is 0 Å². The average molecular weight is 197 g/mol. The van der Waals surface area contributed by atoms with Gasteiger partial charge in [-0.3, -0.25) is 0 Å². The molecule has 13 heavy (non-hydrogen) atoms. The minimum atomic E-state index is -4.12. The lowest BCUT2D eigenvalue weighted by atomic mass is 10.2. The number of aliphatic hydroxyl groups is 1. The van der Waals surface area contributed by atoms with E-state index in [-0.39, 0.29) is 19.4 Å². The molecule has 2 N–H and O–H groups in total. The largest absolute Gasteiger partial charge is 0.406 e. The van der Waals surface area contributed by atoms with Crippen molar-refractivity contribution in [2.24, 2.45) is 0 Å². The molecule has 0 saturated heterocycles. The fraction of sp³-hybridized carbons (Fsp3) is 1.00. The van der Waals surface area contributed by atoms with Crippen molar-refractivity contribution in [1.29, 1.82) is 0 Å². The molecule has 0 aromatic carbocycles. The Morgan fingerprint density at radius 1 is 1.23 bits per heavy atom. The fourth-order valence-corrected chi connectivity index (χ4v) is 1.25. The van der Waals surface area contributed by atoms with Gasteiger partial charge < -0.3 is 10.4 Å². The third-order valence-electron chi connectivity index (χ3n) is 2.34. The molecule has 0 heterocycles. The van der Waals surface area contributed by atoms with Gasteiger partial charge in [-0.1, -0.05) is 0 Å². The lowest BCUT2D eigenvalue weighted by Gasteiger charge is -2.20. The van der Waals surface area contributed by atoms with Crippen LogP contribution in [0.25, 0.3) is 0 Å². The summed E-state index contributed by atoms with van der Waals surface area (Å²) in [5, 5.41) is 10.9. The number of nitrogens with one attached hydrogen (secondary N) is 1. The van der Waals surface area contributed by atoms with E-state index in [9.17, 15) is 13.2 Å². The van der Waals surface area contributed by atoms with Crippen molar-refractivity contribution >= 4 is 0 Å². The smallest absolute Gasteiger partial charge is 0.396 e. The van der Waals surface area contributed by atoms with Crippen molar-refractivity contribution in [2.75, 3.05) is 13.2 Å². The molecule has 1 aliphatic rings. The van der Waals surface area contributed by atoms with Gasteiger partial charge in [-0.25, -0.2) is 0 Å². The molecule has 5 heteroatoms. The Labute approximate surface area is 75.1 Å². The molecular weight excluding hydrogens is 183 g/mol. The topological polar surface area (TPSA) is 32.3 Å². The van der Waals surface area contributed by atoms with Crippen LogP contribution in [-0.2, 0) is 0 Å². The Balaban J connectivity index is 2.21. The number of hydrogen-bond donors (Lipinski definition) is 2. The predicted octanol–water partition coefficient (Wildman–Crippen LogP) is 1.44. The number of alkyl halides is 3. The summed E-state index contributed by atoms with van der Waals surface area (Å²) in [6, 6.07) is 0. The molecule has 0 atom stereocenters. The van der Waals surface area contributed by atoms with E-state index in [1.807, 2.05) is 0 Å². The van der Waals surface area contributed by atoms with Gasteiger partial charge in [0.1, 0.15) is 5.54 Å². The van der Waals surface area contributed by atoms with Crippen molar-refractivity contribution in [1.82, 2.24) is 5.32 Å². The van der Waals surface area contributed by atoms with Crippen LogP contribution in [0.2, 0.25) is 0 Å². The van der Waals surface area contributed by atoms with Crippen molar-refractivity contribution in [3.8, 4) is 0 Å². The van der Waals surface area contributed by atoms with Gasteiger partial charge in [-0.05, 0) is 32.2 Å². The summed E-state index contributed by atoms with van der Waals surface area (Å²) < 4.78 is 36.9. The zero-order valence-electron chi connectivity index (χ0n) is 7.32. The maximum atomic E-state index is 12.3. The standard InChI is InChI=1S/C8H14F3NO/c9-8(10,11)7(3-4-7)12-5-1-2-6-13/h12-13H,1-6H2. The summed E-state index contributed by atoms with van der Waals surface area (Å²) >= 11 is 0. The molecule has 78 valence electrons. The quantitative estimate of drug-likeness (QED) is 0.654. The zero-order valence-corrected chi connectivity index (χ0v) is 7.32. The average Bonchev–Trinajstić information content (AvgIpc) is 2.77. The van der Waals surface area contributed by atoms with E-state index in [0.717, 1.165) is 0 Å². The van der Waals surface area contributed by atoms with Crippen LogP contribution in [0.5, 0.6) is 0 Å². The molecule has 0 radical (unpaired) electrons. The van der Waals surface area contributed by atoms with Crippen molar-refractivity contribution in [3.63, 3.8) is 0 Å². The second kappa shape index (κ2) is 3.84. The molecule has 0 aromatic rings. The highest BCUT2D eigenvalue weighted by Gasteiger charge is 2.62. The number of halogens is 3. The van der Waals surface area contributed by atoms with Crippen LogP contribution in [0.3, 0.4) is 0 Å². The summed E-state index contributed by atoms with van der Waals surface area (Å²) in [7, 11) is 0. The highest BCUT2D eigenvalue weighted by molar-refractivity contribution is 5.07. The molecule has 1 aliphatic carbocycles. The first kappa shape index (κ1) is 10.8. The Hall–Kier alpha value is -0.290. The summed E-state index contributed by atoms with van der Waals surface area (Å²) in [5.41, 5.74) is -1.59. The zero-order chi connectivity index (χ0) is 9.95. The van der Waals surface area contributed by atoms with Crippen molar-refractivity contribution in [2.45, 2.75) is 37.4 Å². The Kier molecular flexibility index (Phi) is 3.18. The highest BCUT2D eigenvalue weighted by Crippen LogP contribution is 2.48. The molecule has 1 fully saturated rings. The number of aliphatic hydroxyl groups excluding tert-OH is 1. The molecule has 0 aliphatic heterocycles. The predicted molar refractivity (Wildman–Crippen MR) is 42.3 cm³/mol. The molecule has 2 nitrogen and oxygen atoms in total. The molecule has 0 bridgehead atoms. The molecule has 0 amide bonds. The van der Waals surface area contributed by atoms with Gasteiger partial charge in [-0.2, -0.15) is 13.2 Å². The van der Waals surface area contributed by atoms with Gasteiger partial charge in [0.2, 0.25) is 0 Å². The number of hydrogen-bond acceptors (Lipinski definition) is 2. The molecular formula is C8H14F3NO. The normalized spacial score (nSPS) is 20.3. The van der Waals surface area contributed by atoms with E-state index in [1.54, 1.807) is 0 Å². The van der Waals surface area contributed by atoms with Gasteiger partial charge in [0.05, 0.1) is 0 Å². The van der Waals surface area contributed by atoms with E-state index in [2.05, 4.69) is 5.32 Å². The van der Waals surface area contributed by atoms with Crippen LogP contribution in [0.4, 0.5) is 13.2 Å². The monoisotopic (exact) mass is 197 g/mol. The SMILES string of the molecule is OCCCCNC1(C(F)(F)F)CC1. The Bertz CT molecular complexity index is 165. The molecule has 1 saturated carbocycles. The minimum absolute atomic E-state index is 0.0424. The van der Waals surface area contributed by atoms with E-state index < -0.39 is 11.7 Å². The van der Waals surface area contributed by atoms with Crippen LogP contribution < -0.4 is 5.32 Å². The molecule has 0 spiro atoms. The third-order valence-corrected chi connectivity index (χ3v) is 2.34. The Morgan fingerprint density at radius 3 is 2.23 bits per heavy atom. The number of unbranched alkanes of at least 4 members (excludes halogenated alkanes) is 1. The Morgan fingerprint density at radius 2 is 1.85 bits per heavy atom. The van der Waals surface area contributed by atoms with E-state index in [1.165, 1.54) is 0 Å². The van der Waals surface area contributed by atoms with Crippen molar-refractivity contribution in [3.05, 3.63) is 0 Å². The third kappa shape index (κ3) is 2.57. The van der Waals surface area contributed by atoms with E-state index in [4.69, 9.17) is 5.11 Å². The maximum Gasteiger partial charge on any atom is 0.406 e. The lowest BCUT2D eigenvalue weighted by molar-refractivity contribution is -0.165. The van der Waals surface area contributed by atoms with Gasteiger partial charge in [0, 0.05) is 6.61 Å². The highest BCUT2D eigenvalue weighted by atomic mass is 19.4. The first-order chi connectivity index (χ1) is 6.02. The molecule has 0 aromatic heterocycles. The van der Waals surface area contributed by atoms with Gasteiger partial charge in [0.25, 0.3) is 0 Å². The minimum Gasteiger partial charge on any atom is -0.396 e. The maximum absolute atomic E-state index is 12.3. The van der Waals surface area contributed by atoms with Gasteiger partial charge in [-0.15, -0.1) is 0 Å². The van der Waals surface area contributed by atoms with Gasteiger partial charge in [0.15, 0.2) is 0 Å². The summed E-state index contributed by atoms with van der Waals surface area (Å²) in [6.45, 7) is 0.376. The number of rotatable bonds is 5. The summed E-state index contributed by atoms with van der Waals surface area (Å²) in [6.07, 6.45) is -2.59. The van der Waals surface area contributed by atoms with Gasteiger partial charge >= 0.3 is 6.18 Å². The van der Waals surface area contributed by atoms with Crippen LogP contribution in [-0.4, -0.2) is 30.0 Å². The first-order valence-electron chi connectivity index (χ1n) is 4.44. The first-order valence-corrected chi connectivity index (χ1v) is 4.44. The van der Waals surface area contributed by atoms with E-state index in [0.29, 0.717) is 19.4 Å². The lowest BCUT2D eigenvalue weighted by Crippen LogP contribution is -2.45. The van der Waals surface area contributed by atoms with E-state index >= 15 is 0 Å². The van der Waals surface area contributed by atoms with Crippen LogP contribution in [0, 0.1) is 0 Å². The second-order valence-electron chi connectivity index (χ2n) is 3.44.